The van der Waals surface area contributed by atoms with Crippen LogP contribution in [-0.2, 0) is 0 Å². The van der Waals surface area contributed by atoms with Gasteiger partial charge >= 0.3 is 0 Å². The summed E-state index contributed by atoms with van der Waals surface area (Å²) in [5.41, 5.74) is 0.134. The van der Waals surface area contributed by atoms with Crippen LogP contribution in [0.25, 0.3) is 0 Å². The lowest BCUT2D eigenvalue weighted by Gasteiger charge is -2.32. The zero-order valence-electron chi connectivity index (χ0n) is 10.2. The Bertz CT molecular complexity index is 432. The van der Waals surface area contributed by atoms with Crippen molar-refractivity contribution >= 4 is 21.8 Å². The van der Waals surface area contributed by atoms with Crippen LogP contribution >= 0.6 is 15.9 Å². The number of piperidine rings is 1. The monoisotopic (exact) mass is 314 g/mol. The summed E-state index contributed by atoms with van der Waals surface area (Å²) in [5, 5.41) is 3.17. The number of hydrogen-bond acceptors (Lipinski definition) is 2. The van der Waals surface area contributed by atoms with Gasteiger partial charge in [0.15, 0.2) is 0 Å². The summed E-state index contributed by atoms with van der Waals surface area (Å²) < 4.78 is 14.3. The van der Waals surface area contributed by atoms with Crippen LogP contribution in [0.2, 0.25) is 0 Å². The SMILES string of the molecule is CN[C@@H]1CCCN(C(=O)c2c(F)cccc2Br)C1. The molecule has 3 nitrogen and oxygen atoms in total. The molecule has 1 saturated heterocycles. The standard InChI is InChI=1S/C13H16BrFN2O/c1-16-9-4-3-7-17(8-9)13(18)12-10(14)5-2-6-11(12)15/h2,5-6,9,16H,3-4,7-8H2,1H3/t9-/m1/s1. The summed E-state index contributed by atoms with van der Waals surface area (Å²) in [4.78, 5) is 14.0. The number of amides is 1. The van der Waals surface area contributed by atoms with Gasteiger partial charge in [0.1, 0.15) is 5.82 Å². The number of nitrogens with one attached hydrogen (secondary N) is 1. The highest BCUT2D eigenvalue weighted by Gasteiger charge is 2.26. The first kappa shape index (κ1) is 13.5. The molecule has 1 atom stereocenters. The number of likely N-dealkylation sites (N-methyl/N-ethyl adjacent to an activating group) is 1. The van der Waals surface area contributed by atoms with E-state index in [9.17, 15) is 9.18 Å². The summed E-state index contributed by atoms with van der Waals surface area (Å²) in [7, 11) is 1.89. The minimum atomic E-state index is -0.471. The number of halogens is 2. The molecule has 1 N–H and O–H groups in total. The van der Waals surface area contributed by atoms with Gasteiger partial charge in [0, 0.05) is 23.6 Å². The minimum Gasteiger partial charge on any atom is -0.337 e. The summed E-state index contributed by atoms with van der Waals surface area (Å²) in [6, 6.07) is 4.89. The van der Waals surface area contributed by atoms with E-state index >= 15 is 0 Å². The van der Waals surface area contributed by atoms with Gasteiger partial charge in [-0.15, -0.1) is 0 Å². The van der Waals surface area contributed by atoms with E-state index in [-0.39, 0.29) is 11.5 Å². The molecule has 2 rings (SSSR count). The molecule has 1 fully saturated rings. The van der Waals surface area contributed by atoms with E-state index < -0.39 is 5.82 Å². The third-order valence-corrected chi connectivity index (χ3v) is 3.95. The van der Waals surface area contributed by atoms with Crippen LogP contribution in [0.15, 0.2) is 22.7 Å². The van der Waals surface area contributed by atoms with E-state index in [1.807, 2.05) is 7.05 Å². The second-order valence-corrected chi connectivity index (χ2v) is 5.33. The van der Waals surface area contributed by atoms with Gasteiger partial charge in [-0.1, -0.05) is 6.07 Å². The number of hydrogen-bond donors (Lipinski definition) is 1. The van der Waals surface area contributed by atoms with E-state index in [0.717, 1.165) is 12.8 Å². The lowest BCUT2D eigenvalue weighted by atomic mass is 10.0. The molecule has 5 heteroatoms. The van der Waals surface area contributed by atoms with Crippen molar-refractivity contribution in [3.8, 4) is 0 Å². The predicted molar refractivity (Wildman–Crippen MR) is 72.1 cm³/mol. The maximum absolute atomic E-state index is 13.7. The topological polar surface area (TPSA) is 32.3 Å². The summed E-state index contributed by atoms with van der Waals surface area (Å²) in [6.45, 7) is 1.33. The molecule has 18 heavy (non-hydrogen) atoms. The number of carbonyl (C=O) groups excluding carboxylic acids is 1. The number of carbonyl (C=O) groups is 1. The molecule has 1 aromatic rings. The Hall–Kier alpha value is -0.940. The third kappa shape index (κ3) is 2.72. The number of benzene rings is 1. The van der Waals surface area contributed by atoms with Gasteiger partial charge in [-0.2, -0.15) is 0 Å². The van der Waals surface area contributed by atoms with Crippen molar-refractivity contribution < 1.29 is 9.18 Å². The molecule has 0 radical (unpaired) electrons. The number of rotatable bonds is 2. The fourth-order valence-corrected chi connectivity index (χ4v) is 2.77. The summed E-state index contributed by atoms with van der Waals surface area (Å²) in [6.07, 6.45) is 2.00. The van der Waals surface area contributed by atoms with E-state index in [0.29, 0.717) is 23.6 Å². The normalized spacial score (nSPS) is 19.9. The van der Waals surface area contributed by atoms with Gasteiger partial charge in [0.05, 0.1) is 5.56 Å². The molecule has 0 unspecified atom stereocenters. The fourth-order valence-electron chi connectivity index (χ4n) is 2.26. The van der Waals surface area contributed by atoms with E-state index in [2.05, 4.69) is 21.2 Å². The predicted octanol–water partition coefficient (Wildman–Crippen LogP) is 2.41. The molecule has 98 valence electrons. The fraction of sp³-hybridized carbons (Fsp3) is 0.462. The van der Waals surface area contributed by atoms with Crippen molar-refractivity contribution in [1.29, 1.82) is 0 Å². The van der Waals surface area contributed by atoms with E-state index in [4.69, 9.17) is 0 Å². The minimum absolute atomic E-state index is 0.134. The molecule has 0 bridgehead atoms. The smallest absolute Gasteiger partial charge is 0.258 e. The van der Waals surface area contributed by atoms with Crippen molar-refractivity contribution in [2.75, 3.05) is 20.1 Å². The van der Waals surface area contributed by atoms with Gasteiger partial charge in [-0.3, -0.25) is 4.79 Å². The first-order valence-electron chi connectivity index (χ1n) is 6.04. The average molecular weight is 315 g/mol. The van der Waals surface area contributed by atoms with E-state index in [1.165, 1.54) is 6.07 Å². The average Bonchev–Trinajstić information content (AvgIpc) is 2.38. The van der Waals surface area contributed by atoms with Crippen LogP contribution in [0, 0.1) is 5.82 Å². The molecular formula is C13H16BrFN2O. The van der Waals surface area contributed by atoms with Crippen LogP contribution in [0.1, 0.15) is 23.2 Å². The lowest BCUT2D eigenvalue weighted by Crippen LogP contribution is -2.47. The molecule has 0 aromatic heterocycles. The highest BCUT2D eigenvalue weighted by Crippen LogP contribution is 2.23. The second kappa shape index (κ2) is 5.80. The Kier molecular flexibility index (Phi) is 4.35. The van der Waals surface area contributed by atoms with Gasteiger partial charge in [-0.05, 0) is 48.0 Å². The molecule has 0 spiro atoms. The summed E-state index contributed by atoms with van der Waals surface area (Å²) >= 11 is 3.24. The van der Waals surface area contributed by atoms with Gasteiger partial charge < -0.3 is 10.2 Å². The van der Waals surface area contributed by atoms with Crippen LogP contribution in [0.5, 0.6) is 0 Å². The zero-order valence-corrected chi connectivity index (χ0v) is 11.8. The molecule has 1 aliphatic rings. The zero-order chi connectivity index (χ0) is 13.1. The maximum atomic E-state index is 13.7. The molecule has 1 aliphatic heterocycles. The van der Waals surface area contributed by atoms with Crippen molar-refractivity contribution in [1.82, 2.24) is 10.2 Å². The van der Waals surface area contributed by atoms with Crippen LogP contribution in [0.3, 0.4) is 0 Å². The third-order valence-electron chi connectivity index (χ3n) is 3.29. The first-order chi connectivity index (χ1) is 8.63. The van der Waals surface area contributed by atoms with E-state index in [1.54, 1.807) is 17.0 Å². The molecular weight excluding hydrogens is 299 g/mol. The quantitative estimate of drug-likeness (QED) is 0.909. The highest BCUT2D eigenvalue weighted by atomic mass is 79.9. The Morgan fingerprint density at radius 3 is 3.00 bits per heavy atom. The molecule has 0 saturated carbocycles. The first-order valence-corrected chi connectivity index (χ1v) is 6.83. The van der Waals surface area contributed by atoms with Crippen LogP contribution < -0.4 is 5.32 Å². The van der Waals surface area contributed by atoms with Crippen LogP contribution in [0.4, 0.5) is 4.39 Å². The van der Waals surface area contributed by atoms with Gasteiger partial charge in [0.25, 0.3) is 5.91 Å². The van der Waals surface area contributed by atoms with Crippen LogP contribution in [-0.4, -0.2) is 37.0 Å². The van der Waals surface area contributed by atoms with Crippen molar-refractivity contribution in [3.63, 3.8) is 0 Å². The Labute approximate surface area is 114 Å². The Morgan fingerprint density at radius 1 is 1.56 bits per heavy atom. The second-order valence-electron chi connectivity index (χ2n) is 4.48. The summed E-state index contributed by atoms with van der Waals surface area (Å²) in [5.74, 6) is -0.708. The lowest BCUT2D eigenvalue weighted by molar-refractivity contribution is 0.0692. The number of likely N-dealkylation sites (tertiary alicyclic amines) is 1. The van der Waals surface area contributed by atoms with Crippen molar-refractivity contribution in [3.05, 3.63) is 34.1 Å². The van der Waals surface area contributed by atoms with Gasteiger partial charge in [0.2, 0.25) is 0 Å². The van der Waals surface area contributed by atoms with Gasteiger partial charge in [-0.25, -0.2) is 4.39 Å². The molecule has 1 amide bonds. The molecule has 0 aliphatic carbocycles. The maximum Gasteiger partial charge on any atom is 0.258 e. The Balaban J connectivity index is 2.20. The van der Waals surface area contributed by atoms with Crippen molar-refractivity contribution in [2.45, 2.75) is 18.9 Å². The largest absolute Gasteiger partial charge is 0.337 e. The highest BCUT2D eigenvalue weighted by molar-refractivity contribution is 9.10. The number of nitrogens with zero attached hydrogens (tertiary/aromatic N) is 1. The molecule has 1 aromatic carbocycles. The Morgan fingerprint density at radius 2 is 2.33 bits per heavy atom. The molecule has 1 heterocycles. The van der Waals surface area contributed by atoms with Crippen molar-refractivity contribution in [2.24, 2.45) is 0 Å².